The number of ether oxygens (including phenoxy) is 1. The Balaban J connectivity index is 0.00000445. The summed E-state index contributed by atoms with van der Waals surface area (Å²) < 4.78 is 11.3. The molecule has 0 N–H and O–H groups in total. The molecular weight excluding hydrogens is 930 g/mol. The second-order valence-electron chi connectivity index (χ2n) is 16.3. The molecule has 0 unspecified atom stereocenters. The van der Waals surface area contributed by atoms with Gasteiger partial charge in [0.1, 0.15) is 5.82 Å². The minimum atomic E-state index is -0.153. The molecule has 0 spiro atoms. The molecule has 7 aromatic carbocycles. The van der Waals surface area contributed by atoms with Crippen LogP contribution in [-0.4, -0.2) is 14.1 Å². The Morgan fingerprint density at radius 1 is 0.557 bits per heavy atom. The topological polar surface area (TPSA) is 38.5 Å². The quantitative estimate of drug-likeness (QED) is 0.149. The number of benzene rings is 7. The van der Waals surface area contributed by atoms with Crippen molar-refractivity contribution in [1.82, 2.24) is 14.1 Å². The van der Waals surface area contributed by atoms with Gasteiger partial charge in [-0.05, 0) is 59.0 Å². The van der Waals surface area contributed by atoms with Crippen molar-refractivity contribution in [1.29, 1.82) is 0 Å². The summed E-state index contributed by atoms with van der Waals surface area (Å²) in [6.45, 7) is 8.80. The van der Waals surface area contributed by atoms with Crippen LogP contribution in [0.3, 0.4) is 0 Å². The molecule has 0 bridgehead atoms. The summed E-state index contributed by atoms with van der Waals surface area (Å²) in [7, 11) is 0. The average molecular weight is 970 g/mol. The first kappa shape index (κ1) is 38.3. The summed E-state index contributed by atoms with van der Waals surface area (Å²) in [5.74, 6) is 2.01. The van der Waals surface area contributed by atoms with Crippen molar-refractivity contribution < 1.29 is 25.8 Å². The molecule has 1 aliphatic heterocycles. The van der Waals surface area contributed by atoms with Crippen molar-refractivity contribution in [2.24, 2.45) is 0 Å². The molecule has 0 aliphatic carbocycles. The molecule has 0 fully saturated rings. The monoisotopic (exact) mass is 969 g/mol. The van der Waals surface area contributed by atoms with Gasteiger partial charge in [0.2, 0.25) is 0 Å². The van der Waals surface area contributed by atoms with Crippen molar-refractivity contribution in [3.8, 4) is 23.0 Å². The molecule has 10 aromatic rings. The molecule has 0 amide bonds. The molecule has 300 valence electrons. The average Bonchev–Trinajstić information content (AvgIpc) is 3.97. The fourth-order valence-electron chi connectivity index (χ4n) is 8.44. The van der Waals surface area contributed by atoms with Crippen molar-refractivity contribution in [3.63, 3.8) is 0 Å². The fraction of sp³-hybridized carbons (Fsp3) is 0.0741. The molecule has 3 aromatic heterocycles. The van der Waals surface area contributed by atoms with Crippen LogP contribution in [0.15, 0.2) is 182 Å². The van der Waals surface area contributed by atoms with Crippen molar-refractivity contribution in [2.75, 3.05) is 9.80 Å². The van der Waals surface area contributed by atoms with Crippen LogP contribution >= 0.6 is 0 Å². The molecule has 4 heterocycles. The van der Waals surface area contributed by atoms with Crippen molar-refractivity contribution in [2.45, 2.75) is 26.2 Å². The van der Waals surface area contributed by atoms with Crippen LogP contribution in [-0.2, 0) is 26.5 Å². The predicted molar refractivity (Wildman–Crippen MR) is 246 cm³/mol. The Labute approximate surface area is 369 Å². The van der Waals surface area contributed by atoms with E-state index in [4.69, 9.17) is 9.72 Å². The Kier molecular flexibility index (Phi) is 9.61. The Morgan fingerprint density at radius 2 is 1.18 bits per heavy atom. The third-order valence-electron chi connectivity index (χ3n) is 11.4. The normalized spacial score (nSPS) is 13.0. The summed E-state index contributed by atoms with van der Waals surface area (Å²) >= 11 is 0. The summed E-state index contributed by atoms with van der Waals surface area (Å²) in [6, 6.07) is 66.4. The molecule has 0 saturated heterocycles. The number of nitrogens with zero attached hydrogens (tertiary/aromatic N) is 5. The molecule has 61 heavy (non-hydrogen) atoms. The van der Waals surface area contributed by atoms with Crippen LogP contribution in [0.1, 0.15) is 31.9 Å². The molecule has 7 heteroatoms. The zero-order valence-electron chi connectivity index (χ0n) is 33.9. The number of pyridine rings is 1. The maximum atomic E-state index is 6.80. The molecule has 0 atom stereocenters. The van der Waals surface area contributed by atoms with E-state index in [0.29, 0.717) is 11.5 Å². The van der Waals surface area contributed by atoms with Crippen LogP contribution < -0.4 is 14.5 Å². The van der Waals surface area contributed by atoms with Gasteiger partial charge in [-0.25, -0.2) is 4.98 Å². The molecular formula is C54H40N5OPt-3. The first-order valence-corrected chi connectivity index (χ1v) is 20.3. The molecule has 11 rings (SSSR count). The van der Waals surface area contributed by atoms with Gasteiger partial charge in [-0.2, -0.15) is 6.07 Å². The van der Waals surface area contributed by atoms with E-state index in [1.54, 1.807) is 0 Å². The maximum absolute atomic E-state index is 6.80. The van der Waals surface area contributed by atoms with Crippen LogP contribution in [0.5, 0.6) is 11.5 Å². The van der Waals surface area contributed by atoms with Gasteiger partial charge < -0.3 is 23.7 Å². The SMILES string of the molecule is CC(C)(C)c1cc(Oc2[c-]c3c(cc2)c2ccccc2n3-c2cc3c(cn2)c2ccccc2n3-c2ccccc2)[c-]c(N2C=C(c3ccccc3)N(c3ccccc3)[CH-]2)c1.[Pt]. The van der Waals surface area contributed by atoms with E-state index in [9.17, 15) is 0 Å². The van der Waals surface area contributed by atoms with Crippen LogP contribution in [0, 0.1) is 18.8 Å². The van der Waals surface area contributed by atoms with E-state index in [1.807, 2.05) is 24.4 Å². The zero-order valence-corrected chi connectivity index (χ0v) is 36.1. The largest absolute Gasteiger partial charge is 0.509 e. The van der Waals surface area contributed by atoms with Gasteiger partial charge in [0.05, 0.1) is 11.0 Å². The van der Waals surface area contributed by atoms with E-state index in [1.165, 1.54) is 5.39 Å². The summed E-state index contributed by atoms with van der Waals surface area (Å²) in [5, 5.41) is 4.46. The molecule has 6 nitrogen and oxygen atoms in total. The van der Waals surface area contributed by atoms with Crippen molar-refractivity contribution >= 4 is 60.7 Å². The minimum Gasteiger partial charge on any atom is -0.509 e. The van der Waals surface area contributed by atoms with Gasteiger partial charge in [0, 0.05) is 78.2 Å². The number of hydrogen-bond donors (Lipinski definition) is 0. The maximum Gasteiger partial charge on any atom is 0.137 e. The van der Waals surface area contributed by atoms with Gasteiger partial charge >= 0.3 is 0 Å². The van der Waals surface area contributed by atoms with E-state index in [2.05, 4.69) is 216 Å². The summed E-state index contributed by atoms with van der Waals surface area (Å²) in [4.78, 5) is 9.49. The van der Waals surface area contributed by atoms with Gasteiger partial charge in [0.25, 0.3) is 0 Å². The number of anilines is 2. The predicted octanol–water partition coefficient (Wildman–Crippen LogP) is 13.4. The van der Waals surface area contributed by atoms with Gasteiger partial charge in [-0.15, -0.1) is 53.6 Å². The summed E-state index contributed by atoms with van der Waals surface area (Å²) in [5.41, 5.74) is 10.4. The first-order valence-electron chi connectivity index (χ1n) is 20.3. The van der Waals surface area contributed by atoms with E-state index in [-0.39, 0.29) is 26.5 Å². The van der Waals surface area contributed by atoms with Crippen molar-refractivity contribution in [3.05, 3.63) is 212 Å². The van der Waals surface area contributed by atoms with Gasteiger partial charge in [-0.1, -0.05) is 129 Å². The third-order valence-corrected chi connectivity index (χ3v) is 11.4. The number of rotatable bonds is 7. The number of para-hydroxylation sites is 4. The molecule has 0 saturated carbocycles. The Bertz CT molecular complexity index is 3260. The van der Waals surface area contributed by atoms with Crippen LogP contribution in [0.2, 0.25) is 0 Å². The number of fused-ring (bicyclic) bond motifs is 6. The Hall–Kier alpha value is -6.88. The molecule has 0 radical (unpaired) electrons. The van der Waals surface area contributed by atoms with E-state index >= 15 is 0 Å². The fourth-order valence-corrected chi connectivity index (χ4v) is 8.44. The second-order valence-corrected chi connectivity index (χ2v) is 16.3. The Morgan fingerprint density at radius 3 is 1.89 bits per heavy atom. The van der Waals surface area contributed by atoms with Crippen LogP contribution in [0.25, 0.3) is 60.8 Å². The standard InChI is InChI=1S/C54H40N5O.Pt/c1-54(2,3)38-29-41(56-35-52(37-17-7-4-8-18-37)57(36-56)39-19-9-5-10-20-39)31-43(30-38)60-42-27-28-46-44-23-13-16-26-49(44)59(50(46)32-42)53-33-51-47(34-55-53)45-24-14-15-25-48(45)58(51)40-21-11-6-12-22-40;/h4-30,33-36H,1-3H3;/q-3;. The van der Waals surface area contributed by atoms with E-state index < -0.39 is 0 Å². The molecule has 1 aliphatic rings. The minimum absolute atomic E-state index is 0. The second kappa shape index (κ2) is 15.3. The number of aromatic nitrogens is 3. The smallest absolute Gasteiger partial charge is 0.137 e. The summed E-state index contributed by atoms with van der Waals surface area (Å²) in [6.07, 6.45) is 4.18. The number of hydrogen-bond acceptors (Lipinski definition) is 4. The zero-order chi connectivity index (χ0) is 40.4. The van der Waals surface area contributed by atoms with Gasteiger partial charge in [0.15, 0.2) is 0 Å². The third kappa shape index (κ3) is 6.78. The van der Waals surface area contributed by atoms with Crippen LogP contribution in [0.4, 0.5) is 11.4 Å². The first-order chi connectivity index (χ1) is 29.4. The van der Waals surface area contributed by atoms with Gasteiger partial charge in [-0.3, -0.25) is 0 Å². The van der Waals surface area contributed by atoms with E-state index in [0.717, 1.165) is 77.9 Å².